The predicted molar refractivity (Wildman–Crippen MR) is 77.9 cm³/mol. The van der Waals surface area contributed by atoms with Crippen LogP contribution in [0.2, 0.25) is 0 Å². The molecule has 2 heteroatoms. The SMILES string of the molecule is CCCCC([CH]OOC(C)(C)CC(C)(C)C)CC. The molecule has 0 heterocycles. The van der Waals surface area contributed by atoms with Gasteiger partial charge in [-0.1, -0.05) is 53.9 Å². The number of rotatable bonds is 9. The molecule has 1 atom stereocenters. The second kappa shape index (κ2) is 8.16. The van der Waals surface area contributed by atoms with Crippen LogP contribution in [0, 0.1) is 17.9 Å². The van der Waals surface area contributed by atoms with E-state index in [2.05, 4.69) is 48.5 Å². The lowest BCUT2D eigenvalue weighted by molar-refractivity contribution is -0.341. The molecule has 0 rings (SSSR count). The molecule has 0 spiro atoms. The maximum absolute atomic E-state index is 5.56. The maximum Gasteiger partial charge on any atom is 0.125 e. The van der Waals surface area contributed by atoms with Gasteiger partial charge in [-0.3, -0.25) is 0 Å². The summed E-state index contributed by atoms with van der Waals surface area (Å²) >= 11 is 0. The zero-order valence-corrected chi connectivity index (χ0v) is 13.5. The van der Waals surface area contributed by atoms with Crippen LogP contribution in [-0.4, -0.2) is 5.60 Å². The van der Waals surface area contributed by atoms with Gasteiger partial charge in [-0.05, 0) is 38.0 Å². The Morgan fingerprint density at radius 3 is 2.11 bits per heavy atom. The topological polar surface area (TPSA) is 18.5 Å². The van der Waals surface area contributed by atoms with Crippen LogP contribution in [0.25, 0.3) is 0 Å². The number of hydrogen-bond donors (Lipinski definition) is 0. The van der Waals surface area contributed by atoms with Gasteiger partial charge in [-0.2, -0.15) is 0 Å². The third-order valence-corrected chi connectivity index (χ3v) is 2.93. The lowest BCUT2D eigenvalue weighted by Gasteiger charge is -2.31. The lowest BCUT2D eigenvalue weighted by atomic mass is 9.84. The molecule has 0 saturated carbocycles. The van der Waals surface area contributed by atoms with E-state index < -0.39 is 0 Å². The van der Waals surface area contributed by atoms with Crippen molar-refractivity contribution in [1.29, 1.82) is 0 Å². The number of hydrogen-bond acceptors (Lipinski definition) is 2. The number of unbranched alkanes of at least 4 members (excludes halogenated alkanes) is 1. The van der Waals surface area contributed by atoms with E-state index in [1.165, 1.54) is 19.3 Å². The van der Waals surface area contributed by atoms with Crippen molar-refractivity contribution >= 4 is 0 Å². The molecule has 1 unspecified atom stereocenters. The highest BCUT2D eigenvalue weighted by Crippen LogP contribution is 2.30. The zero-order valence-electron chi connectivity index (χ0n) is 13.5. The van der Waals surface area contributed by atoms with Crippen molar-refractivity contribution in [3.8, 4) is 0 Å². The van der Waals surface area contributed by atoms with Crippen LogP contribution in [0.3, 0.4) is 0 Å². The first-order valence-corrected chi connectivity index (χ1v) is 7.38. The van der Waals surface area contributed by atoms with Crippen LogP contribution in [0.15, 0.2) is 0 Å². The van der Waals surface area contributed by atoms with Crippen molar-refractivity contribution in [2.24, 2.45) is 11.3 Å². The van der Waals surface area contributed by atoms with Gasteiger partial charge in [0.05, 0.1) is 5.60 Å². The normalized spacial score (nSPS) is 14.8. The Morgan fingerprint density at radius 2 is 1.67 bits per heavy atom. The van der Waals surface area contributed by atoms with Gasteiger partial charge in [0.25, 0.3) is 0 Å². The highest BCUT2D eigenvalue weighted by Gasteiger charge is 2.27. The Kier molecular flexibility index (Phi) is 8.13. The summed E-state index contributed by atoms with van der Waals surface area (Å²) in [6.45, 7) is 17.1. The maximum atomic E-state index is 5.56. The Labute approximate surface area is 114 Å². The molecule has 0 aliphatic heterocycles. The van der Waals surface area contributed by atoms with Crippen molar-refractivity contribution < 1.29 is 9.78 Å². The quantitative estimate of drug-likeness (QED) is 0.399. The summed E-state index contributed by atoms with van der Waals surface area (Å²) in [5, 5.41) is 0. The summed E-state index contributed by atoms with van der Waals surface area (Å²) in [5.41, 5.74) is 0.0109. The second-order valence-corrected chi connectivity index (χ2v) is 7.12. The van der Waals surface area contributed by atoms with Gasteiger partial charge in [0.15, 0.2) is 0 Å². The van der Waals surface area contributed by atoms with E-state index in [1.54, 1.807) is 0 Å². The van der Waals surface area contributed by atoms with Crippen LogP contribution < -0.4 is 0 Å². The third-order valence-electron chi connectivity index (χ3n) is 2.93. The van der Waals surface area contributed by atoms with Crippen molar-refractivity contribution in [3.05, 3.63) is 6.61 Å². The van der Waals surface area contributed by atoms with Gasteiger partial charge >= 0.3 is 0 Å². The first-order chi connectivity index (χ1) is 8.20. The molecule has 0 aromatic rings. The van der Waals surface area contributed by atoms with Crippen molar-refractivity contribution in [2.45, 2.75) is 86.2 Å². The molecule has 0 aromatic heterocycles. The summed E-state index contributed by atoms with van der Waals surface area (Å²) in [5.74, 6) is 0.510. The molecule has 0 fully saturated rings. The van der Waals surface area contributed by atoms with E-state index in [9.17, 15) is 0 Å². The Bertz CT molecular complexity index is 204. The largest absolute Gasteiger partial charge is 0.230 e. The molecule has 0 aliphatic rings. The molecule has 0 aromatic carbocycles. The molecule has 0 amide bonds. The first-order valence-electron chi connectivity index (χ1n) is 7.38. The van der Waals surface area contributed by atoms with E-state index in [4.69, 9.17) is 9.78 Å². The van der Waals surface area contributed by atoms with Gasteiger partial charge in [0.2, 0.25) is 0 Å². The summed E-state index contributed by atoms with van der Waals surface area (Å²) < 4.78 is 0. The van der Waals surface area contributed by atoms with Crippen molar-refractivity contribution in [1.82, 2.24) is 0 Å². The summed E-state index contributed by atoms with van der Waals surface area (Å²) in [7, 11) is 0. The van der Waals surface area contributed by atoms with Crippen molar-refractivity contribution in [2.75, 3.05) is 0 Å². The van der Waals surface area contributed by atoms with E-state index >= 15 is 0 Å². The highest BCUT2D eigenvalue weighted by atomic mass is 17.2. The molecule has 0 N–H and O–H groups in total. The highest BCUT2D eigenvalue weighted by molar-refractivity contribution is 4.76. The van der Waals surface area contributed by atoms with Crippen LogP contribution in [0.4, 0.5) is 0 Å². The molecule has 0 aliphatic carbocycles. The average Bonchev–Trinajstić information content (AvgIpc) is 2.19. The van der Waals surface area contributed by atoms with Gasteiger partial charge in [0.1, 0.15) is 6.61 Å². The van der Waals surface area contributed by atoms with Crippen LogP contribution in [0.5, 0.6) is 0 Å². The molecular formula is C16H33O2. The summed E-state index contributed by atoms with van der Waals surface area (Å²) in [4.78, 5) is 10.9. The Balaban J connectivity index is 3.93. The molecule has 18 heavy (non-hydrogen) atoms. The minimum absolute atomic E-state index is 0.238. The molecule has 2 nitrogen and oxygen atoms in total. The monoisotopic (exact) mass is 257 g/mol. The van der Waals surface area contributed by atoms with Crippen molar-refractivity contribution in [3.63, 3.8) is 0 Å². The second-order valence-electron chi connectivity index (χ2n) is 7.12. The fourth-order valence-electron chi connectivity index (χ4n) is 2.38. The molecular weight excluding hydrogens is 224 g/mol. The molecule has 1 radical (unpaired) electrons. The minimum Gasteiger partial charge on any atom is -0.230 e. The van der Waals surface area contributed by atoms with Gasteiger partial charge in [-0.25, -0.2) is 9.78 Å². The van der Waals surface area contributed by atoms with Gasteiger partial charge < -0.3 is 0 Å². The van der Waals surface area contributed by atoms with E-state index in [1.807, 2.05) is 6.61 Å². The molecule has 0 bridgehead atoms. The Morgan fingerprint density at radius 1 is 1.06 bits per heavy atom. The van der Waals surface area contributed by atoms with Gasteiger partial charge in [-0.15, -0.1) is 0 Å². The smallest absolute Gasteiger partial charge is 0.125 e. The lowest BCUT2D eigenvalue weighted by Crippen LogP contribution is -2.30. The van der Waals surface area contributed by atoms with Gasteiger partial charge in [0, 0.05) is 0 Å². The fourth-order valence-corrected chi connectivity index (χ4v) is 2.38. The third kappa shape index (κ3) is 9.90. The predicted octanol–water partition coefficient (Wildman–Crippen LogP) is 5.53. The van der Waals surface area contributed by atoms with Crippen LogP contribution in [-0.2, 0) is 9.78 Å². The van der Waals surface area contributed by atoms with E-state index in [-0.39, 0.29) is 11.0 Å². The Hall–Kier alpha value is -0.0800. The minimum atomic E-state index is -0.238. The fraction of sp³-hybridized carbons (Fsp3) is 0.938. The van der Waals surface area contributed by atoms with Crippen LogP contribution >= 0.6 is 0 Å². The summed E-state index contributed by atoms with van der Waals surface area (Å²) in [6.07, 6.45) is 5.77. The molecule has 0 saturated heterocycles. The summed E-state index contributed by atoms with van der Waals surface area (Å²) in [6, 6.07) is 0. The zero-order chi connectivity index (χ0) is 14.2. The first kappa shape index (κ1) is 17.9. The average molecular weight is 257 g/mol. The van der Waals surface area contributed by atoms with E-state index in [0.29, 0.717) is 5.92 Å². The standard InChI is InChI=1S/C16H33O2/c1-8-10-11-14(9-2)12-17-18-16(6,7)13-15(3,4)5/h12,14H,8-11,13H2,1-7H3. The van der Waals surface area contributed by atoms with E-state index in [0.717, 1.165) is 12.8 Å². The molecule has 109 valence electrons. The van der Waals surface area contributed by atoms with Crippen LogP contribution in [0.1, 0.15) is 80.6 Å².